The second-order valence-corrected chi connectivity index (χ2v) is 5.38. The van der Waals surface area contributed by atoms with Gasteiger partial charge in [0.1, 0.15) is 0 Å². The molecule has 5 nitrogen and oxygen atoms in total. The number of hydrogen-bond acceptors (Lipinski definition) is 3. The molecule has 106 valence electrons. The van der Waals surface area contributed by atoms with Crippen molar-refractivity contribution in [1.29, 1.82) is 0 Å². The lowest BCUT2D eigenvalue weighted by atomic mass is 9.98. The Morgan fingerprint density at radius 2 is 2.15 bits per heavy atom. The minimum absolute atomic E-state index is 0.471. The molecule has 0 radical (unpaired) electrons. The summed E-state index contributed by atoms with van der Waals surface area (Å²) >= 11 is 0. The molecule has 0 bridgehead atoms. The van der Waals surface area contributed by atoms with Gasteiger partial charge in [0.25, 0.3) is 5.91 Å². The first-order chi connectivity index (χ1) is 9.78. The molecule has 2 heterocycles. The van der Waals surface area contributed by atoms with Crippen molar-refractivity contribution in [3.8, 4) is 0 Å². The molecule has 0 atom stereocenters. The fourth-order valence-electron chi connectivity index (χ4n) is 2.89. The maximum Gasteiger partial charge on any atom is 0.274 e. The van der Waals surface area contributed by atoms with Crippen LogP contribution in [0.5, 0.6) is 0 Å². The van der Waals surface area contributed by atoms with Crippen molar-refractivity contribution in [3.05, 3.63) is 36.0 Å². The number of carbonyl (C=O) groups excluding carboxylic acids is 1. The van der Waals surface area contributed by atoms with Gasteiger partial charge in [0, 0.05) is 23.8 Å². The number of nitrogens with one attached hydrogen (secondary N) is 2. The third-order valence-electron chi connectivity index (χ3n) is 4.05. The van der Waals surface area contributed by atoms with Gasteiger partial charge in [-0.05, 0) is 55.4 Å². The molecule has 20 heavy (non-hydrogen) atoms. The van der Waals surface area contributed by atoms with Crippen LogP contribution in [0.1, 0.15) is 23.2 Å². The zero-order valence-electron chi connectivity index (χ0n) is 11.3. The van der Waals surface area contributed by atoms with Crippen LogP contribution in [0.2, 0.25) is 0 Å². The average molecular weight is 273 g/mol. The second kappa shape index (κ2) is 5.64. The van der Waals surface area contributed by atoms with Crippen molar-refractivity contribution in [2.75, 3.05) is 13.1 Å². The van der Waals surface area contributed by atoms with Crippen LogP contribution in [0, 0.1) is 5.92 Å². The maximum absolute atomic E-state index is 11.5. The molecule has 0 saturated carbocycles. The van der Waals surface area contributed by atoms with Gasteiger partial charge in [0.15, 0.2) is 0 Å². The van der Waals surface area contributed by atoms with Gasteiger partial charge in [-0.1, -0.05) is 6.07 Å². The van der Waals surface area contributed by atoms with E-state index >= 15 is 0 Å². The minimum atomic E-state index is -0.471. The van der Waals surface area contributed by atoms with Gasteiger partial charge in [0.05, 0.1) is 0 Å². The summed E-state index contributed by atoms with van der Waals surface area (Å²) < 4.78 is 2.21. The van der Waals surface area contributed by atoms with Crippen molar-refractivity contribution in [2.45, 2.75) is 19.4 Å². The number of amides is 1. The number of hydrogen-bond donors (Lipinski definition) is 3. The lowest BCUT2D eigenvalue weighted by molar-refractivity contribution is 0.0706. The van der Waals surface area contributed by atoms with Crippen molar-refractivity contribution in [1.82, 2.24) is 15.4 Å². The predicted molar refractivity (Wildman–Crippen MR) is 76.8 cm³/mol. The van der Waals surface area contributed by atoms with Gasteiger partial charge >= 0.3 is 0 Å². The predicted octanol–water partition coefficient (Wildman–Crippen LogP) is 1.76. The first-order valence-corrected chi connectivity index (χ1v) is 7.02. The first kappa shape index (κ1) is 13.1. The van der Waals surface area contributed by atoms with Gasteiger partial charge in [-0.25, -0.2) is 5.48 Å². The molecule has 1 aromatic carbocycles. The highest BCUT2D eigenvalue weighted by atomic mass is 16.5. The van der Waals surface area contributed by atoms with Crippen LogP contribution in [0.3, 0.4) is 0 Å². The van der Waals surface area contributed by atoms with E-state index in [9.17, 15) is 4.79 Å². The first-order valence-electron chi connectivity index (χ1n) is 7.02. The summed E-state index contributed by atoms with van der Waals surface area (Å²) in [6.07, 6.45) is 4.46. The molecule has 3 N–H and O–H groups in total. The summed E-state index contributed by atoms with van der Waals surface area (Å²) in [5.74, 6) is 0.212. The molecular weight excluding hydrogens is 254 g/mol. The quantitative estimate of drug-likeness (QED) is 0.589. The van der Waals surface area contributed by atoms with Crippen molar-refractivity contribution >= 4 is 16.8 Å². The molecule has 5 heteroatoms. The van der Waals surface area contributed by atoms with Crippen molar-refractivity contribution in [3.63, 3.8) is 0 Å². The van der Waals surface area contributed by atoms with Crippen molar-refractivity contribution in [2.24, 2.45) is 5.92 Å². The number of carbonyl (C=O) groups is 1. The van der Waals surface area contributed by atoms with Gasteiger partial charge in [-0.15, -0.1) is 0 Å². The van der Waals surface area contributed by atoms with Crippen LogP contribution < -0.4 is 10.8 Å². The number of benzene rings is 1. The molecular formula is C15H19N3O2. The van der Waals surface area contributed by atoms with Crippen LogP contribution in [-0.4, -0.2) is 28.8 Å². The standard InChI is InChI=1S/C15H19N3O2/c19-15(17-20)13-2-1-12-5-8-18(14(12)9-13)10-11-3-6-16-7-4-11/h1-2,5,8-9,11,16,20H,3-4,6-7,10H2,(H,17,19). The largest absolute Gasteiger partial charge is 0.347 e. The zero-order valence-corrected chi connectivity index (χ0v) is 11.3. The SMILES string of the molecule is O=C(NO)c1ccc2ccn(CC3CCNCC3)c2c1. The summed E-state index contributed by atoms with van der Waals surface area (Å²) in [5, 5.41) is 13.2. The van der Waals surface area contributed by atoms with Gasteiger partial charge < -0.3 is 9.88 Å². The van der Waals surface area contributed by atoms with E-state index in [2.05, 4.69) is 22.1 Å². The number of piperidine rings is 1. The highest BCUT2D eigenvalue weighted by Crippen LogP contribution is 2.21. The Labute approximate surface area is 117 Å². The molecule has 1 fully saturated rings. The second-order valence-electron chi connectivity index (χ2n) is 5.38. The summed E-state index contributed by atoms with van der Waals surface area (Å²) in [4.78, 5) is 11.5. The van der Waals surface area contributed by atoms with E-state index in [1.165, 1.54) is 12.8 Å². The Morgan fingerprint density at radius 1 is 1.35 bits per heavy atom. The van der Waals surface area contributed by atoms with E-state index in [0.717, 1.165) is 30.5 Å². The maximum atomic E-state index is 11.5. The van der Waals surface area contributed by atoms with Gasteiger partial charge in [-0.2, -0.15) is 0 Å². The Balaban J connectivity index is 1.88. The molecule has 0 spiro atoms. The molecule has 1 aliphatic heterocycles. The smallest absolute Gasteiger partial charge is 0.274 e. The summed E-state index contributed by atoms with van der Waals surface area (Å²) in [7, 11) is 0. The normalized spacial score (nSPS) is 16.4. The summed E-state index contributed by atoms with van der Waals surface area (Å²) in [6.45, 7) is 3.15. The van der Waals surface area contributed by atoms with Gasteiger partial charge in [-0.3, -0.25) is 10.0 Å². The number of fused-ring (bicyclic) bond motifs is 1. The molecule has 1 amide bonds. The molecule has 1 saturated heterocycles. The van der Waals surface area contributed by atoms with Crippen LogP contribution in [-0.2, 0) is 6.54 Å². The molecule has 2 aromatic rings. The van der Waals surface area contributed by atoms with E-state index < -0.39 is 5.91 Å². The Morgan fingerprint density at radius 3 is 2.90 bits per heavy atom. The van der Waals surface area contributed by atoms with E-state index in [-0.39, 0.29) is 0 Å². The average Bonchev–Trinajstić information content (AvgIpc) is 2.90. The molecule has 1 aliphatic rings. The molecule has 1 aromatic heterocycles. The highest BCUT2D eigenvalue weighted by Gasteiger charge is 2.15. The van der Waals surface area contributed by atoms with E-state index in [1.54, 1.807) is 11.5 Å². The highest BCUT2D eigenvalue weighted by molar-refractivity contribution is 5.97. The monoisotopic (exact) mass is 273 g/mol. The number of nitrogens with zero attached hydrogens (tertiary/aromatic N) is 1. The third kappa shape index (κ3) is 2.55. The van der Waals surface area contributed by atoms with Crippen LogP contribution in [0.4, 0.5) is 0 Å². The Kier molecular flexibility index (Phi) is 3.71. The molecule has 3 rings (SSSR count). The Bertz CT molecular complexity index is 615. The van der Waals surface area contributed by atoms with Gasteiger partial charge in [0.2, 0.25) is 0 Å². The third-order valence-corrected chi connectivity index (χ3v) is 4.05. The number of rotatable bonds is 3. The van der Waals surface area contributed by atoms with Crippen molar-refractivity contribution < 1.29 is 10.0 Å². The summed E-state index contributed by atoms with van der Waals surface area (Å²) in [5.41, 5.74) is 3.21. The van der Waals surface area contributed by atoms with E-state index in [4.69, 9.17) is 5.21 Å². The number of aromatic nitrogens is 1. The molecule has 0 unspecified atom stereocenters. The summed E-state index contributed by atoms with van der Waals surface area (Å²) in [6, 6.07) is 7.54. The lowest BCUT2D eigenvalue weighted by Gasteiger charge is -2.23. The Hall–Kier alpha value is -1.85. The molecule has 0 aliphatic carbocycles. The van der Waals surface area contributed by atoms with Crippen LogP contribution >= 0.6 is 0 Å². The topological polar surface area (TPSA) is 66.3 Å². The minimum Gasteiger partial charge on any atom is -0.347 e. The fourth-order valence-corrected chi connectivity index (χ4v) is 2.89. The van der Waals surface area contributed by atoms with Crippen LogP contribution in [0.15, 0.2) is 30.5 Å². The fraction of sp³-hybridized carbons (Fsp3) is 0.400. The lowest BCUT2D eigenvalue weighted by Crippen LogP contribution is -2.29. The van der Waals surface area contributed by atoms with E-state index in [1.807, 2.05) is 12.1 Å². The van der Waals surface area contributed by atoms with Crippen LogP contribution in [0.25, 0.3) is 10.9 Å². The zero-order chi connectivity index (χ0) is 13.9. The number of hydroxylamine groups is 1. The van der Waals surface area contributed by atoms with E-state index in [0.29, 0.717) is 11.5 Å².